The van der Waals surface area contributed by atoms with Crippen molar-refractivity contribution in [3.8, 4) is 0 Å². The highest BCUT2D eigenvalue weighted by molar-refractivity contribution is 7.18. The molecule has 5 N–H and O–H groups in total. The fraction of sp³-hybridized carbons (Fsp3) is 0.600. The summed E-state index contributed by atoms with van der Waals surface area (Å²) in [5, 5.41) is 15.6. The van der Waals surface area contributed by atoms with E-state index in [0.717, 1.165) is 0 Å². The standard InChI is InChI=1S/C10H18N4O3S/c1-3-12-10-14-8(11)7(18-10)9(16)13-4-6(15)5-17-2/h6,15H,3-5,11H2,1-2H3,(H,12,14)(H,13,16). The number of aromatic nitrogens is 1. The monoisotopic (exact) mass is 274 g/mol. The number of hydrogen-bond acceptors (Lipinski definition) is 7. The van der Waals surface area contributed by atoms with Crippen LogP contribution in [0, 0.1) is 0 Å². The Balaban J connectivity index is 2.55. The lowest BCUT2D eigenvalue weighted by Crippen LogP contribution is -2.34. The first-order chi connectivity index (χ1) is 8.58. The van der Waals surface area contributed by atoms with E-state index >= 15 is 0 Å². The maximum absolute atomic E-state index is 11.8. The molecule has 7 nitrogen and oxygen atoms in total. The molecule has 0 saturated heterocycles. The van der Waals surface area contributed by atoms with E-state index < -0.39 is 6.10 Å². The van der Waals surface area contributed by atoms with Crippen LogP contribution in [-0.4, -0.2) is 48.9 Å². The number of amides is 1. The summed E-state index contributed by atoms with van der Waals surface area (Å²) in [6, 6.07) is 0. The molecule has 1 aromatic heterocycles. The molecule has 0 aliphatic carbocycles. The second kappa shape index (κ2) is 7.14. The van der Waals surface area contributed by atoms with Gasteiger partial charge in [-0.3, -0.25) is 4.79 Å². The van der Waals surface area contributed by atoms with Gasteiger partial charge < -0.3 is 26.2 Å². The number of aliphatic hydroxyl groups excluding tert-OH is 1. The fourth-order valence-corrected chi connectivity index (χ4v) is 2.13. The van der Waals surface area contributed by atoms with Crippen LogP contribution in [0.2, 0.25) is 0 Å². The number of anilines is 2. The second-order valence-electron chi connectivity index (χ2n) is 3.58. The Labute approximate surface area is 109 Å². The number of nitrogen functional groups attached to an aromatic ring is 1. The molecule has 1 amide bonds. The van der Waals surface area contributed by atoms with Gasteiger partial charge in [0.25, 0.3) is 5.91 Å². The van der Waals surface area contributed by atoms with Crippen LogP contribution in [0.5, 0.6) is 0 Å². The van der Waals surface area contributed by atoms with Crippen molar-refractivity contribution in [2.75, 3.05) is 37.9 Å². The van der Waals surface area contributed by atoms with E-state index in [4.69, 9.17) is 10.5 Å². The average Bonchev–Trinajstić information content (AvgIpc) is 2.68. The van der Waals surface area contributed by atoms with E-state index in [2.05, 4.69) is 15.6 Å². The summed E-state index contributed by atoms with van der Waals surface area (Å²) in [5.41, 5.74) is 5.65. The SMILES string of the molecule is CCNc1nc(N)c(C(=O)NCC(O)COC)s1. The molecule has 0 spiro atoms. The van der Waals surface area contributed by atoms with Crippen LogP contribution in [0.4, 0.5) is 10.9 Å². The predicted molar refractivity (Wildman–Crippen MR) is 70.9 cm³/mol. The maximum Gasteiger partial charge on any atom is 0.265 e. The first-order valence-electron chi connectivity index (χ1n) is 5.53. The van der Waals surface area contributed by atoms with Crippen molar-refractivity contribution in [1.82, 2.24) is 10.3 Å². The molecule has 102 valence electrons. The Hall–Kier alpha value is -1.38. The van der Waals surface area contributed by atoms with Crippen LogP contribution in [0.25, 0.3) is 0 Å². The first-order valence-corrected chi connectivity index (χ1v) is 6.35. The summed E-state index contributed by atoms with van der Waals surface area (Å²) in [7, 11) is 1.48. The number of carbonyl (C=O) groups excluding carboxylic acids is 1. The van der Waals surface area contributed by atoms with Gasteiger partial charge in [-0.25, -0.2) is 4.98 Å². The van der Waals surface area contributed by atoms with Gasteiger partial charge in [0, 0.05) is 20.2 Å². The zero-order valence-corrected chi connectivity index (χ0v) is 11.2. The van der Waals surface area contributed by atoms with Gasteiger partial charge in [0.1, 0.15) is 10.7 Å². The van der Waals surface area contributed by atoms with Gasteiger partial charge in [0.15, 0.2) is 5.13 Å². The molecule has 0 saturated carbocycles. The lowest BCUT2D eigenvalue weighted by atomic mass is 10.3. The van der Waals surface area contributed by atoms with Crippen LogP contribution < -0.4 is 16.4 Å². The number of hydrogen-bond donors (Lipinski definition) is 4. The molecule has 0 aliphatic rings. The number of methoxy groups -OCH3 is 1. The highest BCUT2D eigenvalue weighted by Gasteiger charge is 2.16. The normalized spacial score (nSPS) is 12.2. The molecule has 0 aromatic carbocycles. The zero-order chi connectivity index (χ0) is 13.5. The van der Waals surface area contributed by atoms with E-state index in [9.17, 15) is 9.90 Å². The van der Waals surface area contributed by atoms with Gasteiger partial charge in [0.2, 0.25) is 0 Å². The molecule has 0 bridgehead atoms. The average molecular weight is 274 g/mol. The highest BCUT2D eigenvalue weighted by atomic mass is 32.1. The Morgan fingerprint density at radius 2 is 2.39 bits per heavy atom. The summed E-state index contributed by atoms with van der Waals surface area (Å²) in [6.07, 6.45) is -0.735. The first kappa shape index (κ1) is 14.7. The van der Waals surface area contributed by atoms with Gasteiger partial charge in [-0.2, -0.15) is 0 Å². The minimum Gasteiger partial charge on any atom is -0.389 e. The van der Waals surface area contributed by atoms with Crippen molar-refractivity contribution in [2.45, 2.75) is 13.0 Å². The Bertz CT molecular complexity index is 396. The number of nitrogens with zero attached hydrogens (tertiary/aromatic N) is 1. The zero-order valence-electron chi connectivity index (χ0n) is 10.4. The van der Waals surface area contributed by atoms with Gasteiger partial charge in [-0.1, -0.05) is 11.3 Å². The number of thiazole rings is 1. The van der Waals surface area contributed by atoms with Crippen molar-refractivity contribution >= 4 is 28.2 Å². The molecule has 1 aromatic rings. The second-order valence-corrected chi connectivity index (χ2v) is 4.58. The van der Waals surface area contributed by atoms with E-state index in [1.807, 2.05) is 6.92 Å². The van der Waals surface area contributed by atoms with Gasteiger partial charge in [0.05, 0.1) is 12.7 Å². The van der Waals surface area contributed by atoms with Crippen LogP contribution in [0.1, 0.15) is 16.6 Å². The Morgan fingerprint density at radius 3 is 3.00 bits per heavy atom. The molecular formula is C10H18N4O3S. The summed E-state index contributed by atoms with van der Waals surface area (Å²) in [5.74, 6) is -0.154. The third-order valence-electron chi connectivity index (χ3n) is 2.04. The Morgan fingerprint density at radius 1 is 1.67 bits per heavy atom. The number of aliphatic hydroxyl groups is 1. The van der Waals surface area contributed by atoms with E-state index in [-0.39, 0.29) is 24.9 Å². The molecule has 1 atom stereocenters. The summed E-state index contributed by atoms with van der Waals surface area (Å²) < 4.78 is 4.76. The topological polar surface area (TPSA) is 110 Å². The number of carbonyl (C=O) groups is 1. The lowest BCUT2D eigenvalue weighted by molar-refractivity contribution is 0.0611. The number of rotatable bonds is 7. The molecule has 0 aliphatic heterocycles. The predicted octanol–water partition coefficient (Wildman–Crippen LogP) is -0.106. The van der Waals surface area contributed by atoms with E-state index in [0.29, 0.717) is 16.6 Å². The molecule has 0 radical (unpaired) electrons. The third kappa shape index (κ3) is 4.13. The molecule has 18 heavy (non-hydrogen) atoms. The summed E-state index contributed by atoms with van der Waals surface area (Å²) in [4.78, 5) is 16.2. The minimum atomic E-state index is -0.735. The quantitative estimate of drug-likeness (QED) is 0.552. The summed E-state index contributed by atoms with van der Waals surface area (Å²) in [6.45, 7) is 2.92. The smallest absolute Gasteiger partial charge is 0.265 e. The molecule has 1 rings (SSSR count). The van der Waals surface area contributed by atoms with Crippen molar-refractivity contribution in [1.29, 1.82) is 0 Å². The number of ether oxygens (including phenoxy) is 1. The molecular weight excluding hydrogens is 256 g/mol. The van der Waals surface area contributed by atoms with Gasteiger partial charge >= 0.3 is 0 Å². The lowest BCUT2D eigenvalue weighted by Gasteiger charge is -2.09. The van der Waals surface area contributed by atoms with E-state index in [1.165, 1.54) is 18.4 Å². The van der Waals surface area contributed by atoms with Crippen LogP contribution in [-0.2, 0) is 4.74 Å². The van der Waals surface area contributed by atoms with Gasteiger partial charge in [-0.05, 0) is 6.92 Å². The van der Waals surface area contributed by atoms with Crippen LogP contribution >= 0.6 is 11.3 Å². The number of nitrogens with one attached hydrogen (secondary N) is 2. The fourth-order valence-electron chi connectivity index (χ4n) is 1.26. The van der Waals surface area contributed by atoms with Crippen molar-refractivity contribution < 1.29 is 14.6 Å². The van der Waals surface area contributed by atoms with Crippen molar-refractivity contribution in [2.24, 2.45) is 0 Å². The Kier molecular flexibility index (Phi) is 5.83. The van der Waals surface area contributed by atoms with Crippen molar-refractivity contribution in [3.05, 3.63) is 4.88 Å². The molecule has 1 unspecified atom stereocenters. The van der Waals surface area contributed by atoms with E-state index in [1.54, 1.807) is 0 Å². The molecule has 8 heteroatoms. The molecule has 0 fully saturated rings. The molecule has 1 heterocycles. The maximum atomic E-state index is 11.8. The third-order valence-corrected chi connectivity index (χ3v) is 3.07. The van der Waals surface area contributed by atoms with Crippen LogP contribution in [0.3, 0.4) is 0 Å². The minimum absolute atomic E-state index is 0.112. The van der Waals surface area contributed by atoms with Crippen LogP contribution in [0.15, 0.2) is 0 Å². The van der Waals surface area contributed by atoms with Gasteiger partial charge in [-0.15, -0.1) is 0 Å². The number of nitrogens with two attached hydrogens (primary N) is 1. The highest BCUT2D eigenvalue weighted by Crippen LogP contribution is 2.24. The largest absolute Gasteiger partial charge is 0.389 e. The summed E-state index contributed by atoms with van der Waals surface area (Å²) >= 11 is 1.19. The van der Waals surface area contributed by atoms with Crippen molar-refractivity contribution in [3.63, 3.8) is 0 Å².